The van der Waals surface area contributed by atoms with Gasteiger partial charge in [0.2, 0.25) is 5.91 Å². The number of benzene rings is 1. The van der Waals surface area contributed by atoms with Crippen molar-refractivity contribution >= 4 is 21.4 Å². The molecular formula is C21H17F5N4O4S. The summed E-state index contributed by atoms with van der Waals surface area (Å²) in [5, 5.41) is 12.8. The number of imidazole rings is 1. The molecule has 0 radical (unpaired) electrons. The number of hydrogen-bond donors (Lipinski definition) is 2. The Hall–Kier alpha value is -3.39. The van der Waals surface area contributed by atoms with E-state index in [0.29, 0.717) is 6.07 Å². The Morgan fingerprint density at radius 1 is 1.23 bits per heavy atom. The van der Waals surface area contributed by atoms with E-state index in [1.807, 2.05) is 0 Å². The molecule has 0 aliphatic carbocycles. The van der Waals surface area contributed by atoms with Crippen molar-refractivity contribution in [2.75, 3.05) is 16.8 Å². The summed E-state index contributed by atoms with van der Waals surface area (Å²) in [6.07, 6.45) is -2.27. The third-order valence-corrected chi connectivity index (χ3v) is 7.17. The van der Waals surface area contributed by atoms with E-state index in [4.69, 9.17) is 0 Å². The van der Waals surface area contributed by atoms with Crippen LogP contribution in [0.15, 0.2) is 43.0 Å². The fourth-order valence-electron chi connectivity index (χ4n) is 3.72. The minimum atomic E-state index is -4.92. The van der Waals surface area contributed by atoms with Gasteiger partial charge >= 0.3 is 6.18 Å². The van der Waals surface area contributed by atoms with Crippen LogP contribution in [0.3, 0.4) is 0 Å². The van der Waals surface area contributed by atoms with Gasteiger partial charge in [-0.3, -0.25) is 9.36 Å². The number of aliphatic hydroxyl groups is 1. The largest absolute Gasteiger partial charge is 0.419 e. The second-order valence-electron chi connectivity index (χ2n) is 8.07. The van der Waals surface area contributed by atoms with Gasteiger partial charge in [0.25, 0.3) is 0 Å². The first-order valence-electron chi connectivity index (χ1n) is 10.0. The molecule has 0 bridgehead atoms. The van der Waals surface area contributed by atoms with Gasteiger partial charge in [-0.1, -0.05) is 12.1 Å². The lowest BCUT2D eigenvalue weighted by atomic mass is 10.0. The summed E-state index contributed by atoms with van der Waals surface area (Å²) >= 11 is 0. The molecule has 1 atom stereocenters. The second kappa shape index (κ2) is 8.68. The van der Waals surface area contributed by atoms with Gasteiger partial charge < -0.3 is 10.4 Å². The van der Waals surface area contributed by atoms with Crippen LogP contribution in [-0.4, -0.2) is 45.5 Å². The molecule has 1 saturated heterocycles. The molecule has 4 rings (SSSR count). The molecule has 1 amide bonds. The molecule has 0 unspecified atom stereocenters. The van der Waals surface area contributed by atoms with E-state index >= 15 is 0 Å². The maximum absolute atomic E-state index is 14.7. The molecule has 8 nitrogen and oxygen atoms in total. The monoisotopic (exact) mass is 516 g/mol. The Kier molecular flexibility index (Phi) is 6.13. The van der Waals surface area contributed by atoms with Gasteiger partial charge in [-0.25, -0.2) is 27.2 Å². The maximum Gasteiger partial charge on any atom is 0.419 e. The first-order valence-corrected chi connectivity index (χ1v) is 11.9. The summed E-state index contributed by atoms with van der Waals surface area (Å²) in [6, 6.07) is 3.45. The van der Waals surface area contributed by atoms with Crippen LogP contribution in [0.4, 0.5) is 27.6 Å². The van der Waals surface area contributed by atoms with Gasteiger partial charge in [0.15, 0.2) is 21.5 Å². The van der Waals surface area contributed by atoms with Gasteiger partial charge in [-0.05, 0) is 18.1 Å². The number of pyridine rings is 1. The summed E-state index contributed by atoms with van der Waals surface area (Å²) in [5.41, 5.74) is -3.79. The van der Waals surface area contributed by atoms with Gasteiger partial charge in [-0.15, -0.1) is 0 Å². The Labute approximate surface area is 195 Å². The molecule has 35 heavy (non-hydrogen) atoms. The zero-order chi connectivity index (χ0) is 25.6. The van der Waals surface area contributed by atoms with Crippen molar-refractivity contribution in [2.45, 2.75) is 24.6 Å². The van der Waals surface area contributed by atoms with Crippen LogP contribution < -0.4 is 5.32 Å². The minimum absolute atomic E-state index is 0.0280. The quantitative estimate of drug-likeness (QED) is 0.505. The third-order valence-electron chi connectivity index (χ3n) is 5.43. The number of aromatic nitrogens is 3. The van der Waals surface area contributed by atoms with Crippen molar-refractivity contribution in [2.24, 2.45) is 0 Å². The number of carbonyl (C=O) groups excluding carboxylic acids is 1. The van der Waals surface area contributed by atoms with Gasteiger partial charge in [0.1, 0.15) is 17.7 Å². The van der Waals surface area contributed by atoms with Gasteiger partial charge in [0, 0.05) is 12.3 Å². The first-order chi connectivity index (χ1) is 16.3. The van der Waals surface area contributed by atoms with Crippen molar-refractivity contribution in [1.29, 1.82) is 0 Å². The number of nitrogens with zero attached hydrogens (tertiary/aromatic N) is 3. The number of amides is 1. The topological polar surface area (TPSA) is 114 Å². The Balaban J connectivity index is 1.48. The van der Waals surface area contributed by atoms with E-state index < -0.39 is 62.5 Å². The van der Waals surface area contributed by atoms with E-state index in [2.05, 4.69) is 15.3 Å². The molecule has 0 saturated carbocycles. The molecular weight excluding hydrogens is 499 g/mol. The van der Waals surface area contributed by atoms with Crippen LogP contribution in [0.5, 0.6) is 0 Å². The zero-order valence-electron chi connectivity index (χ0n) is 17.7. The lowest BCUT2D eigenvalue weighted by Gasteiger charge is -2.17. The average molecular weight is 516 g/mol. The number of carbonyl (C=O) groups is 1. The molecule has 1 fully saturated rings. The fraction of sp³-hybridized carbons (Fsp3) is 0.286. The predicted octanol–water partition coefficient (Wildman–Crippen LogP) is 2.75. The Bertz CT molecular complexity index is 1410. The number of halogens is 5. The lowest BCUT2D eigenvalue weighted by Crippen LogP contribution is -2.27. The summed E-state index contributed by atoms with van der Waals surface area (Å²) < 4.78 is 91.8. The number of hydrogen-bond acceptors (Lipinski definition) is 6. The summed E-state index contributed by atoms with van der Waals surface area (Å²) in [5.74, 6) is -4.38. The van der Waals surface area contributed by atoms with Crippen molar-refractivity contribution in [3.05, 3.63) is 71.4 Å². The van der Waals surface area contributed by atoms with Gasteiger partial charge in [0.05, 0.1) is 41.1 Å². The van der Waals surface area contributed by atoms with Crippen molar-refractivity contribution in [3.63, 3.8) is 0 Å². The van der Waals surface area contributed by atoms with Crippen LogP contribution in [0.1, 0.15) is 23.2 Å². The normalized spacial score (nSPS) is 19.6. The Morgan fingerprint density at radius 3 is 2.60 bits per heavy atom. The molecule has 186 valence electrons. The minimum Gasteiger partial charge on any atom is -0.382 e. The molecule has 3 heterocycles. The number of anilines is 1. The Morgan fingerprint density at radius 2 is 1.97 bits per heavy atom. The summed E-state index contributed by atoms with van der Waals surface area (Å²) in [7, 11) is -3.43. The van der Waals surface area contributed by atoms with Crippen LogP contribution in [0.25, 0.3) is 5.82 Å². The molecule has 1 aliphatic rings. The molecule has 1 aromatic carbocycles. The fourth-order valence-corrected chi connectivity index (χ4v) is 5.53. The van der Waals surface area contributed by atoms with E-state index in [9.17, 15) is 40.3 Å². The molecule has 2 N–H and O–H groups in total. The molecule has 3 aromatic rings. The van der Waals surface area contributed by atoms with Crippen molar-refractivity contribution < 1.29 is 40.3 Å². The van der Waals surface area contributed by atoms with E-state index in [0.717, 1.165) is 35.3 Å². The van der Waals surface area contributed by atoms with E-state index in [1.54, 1.807) is 0 Å². The number of nitrogens with one attached hydrogen (secondary N) is 1. The third kappa shape index (κ3) is 5.17. The van der Waals surface area contributed by atoms with Crippen LogP contribution in [-0.2, 0) is 32.8 Å². The molecule has 14 heteroatoms. The molecule has 0 spiro atoms. The summed E-state index contributed by atoms with van der Waals surface area (Å²) in [6.45, 7) is 0. The molecule has 1 aliphatic heterocycles. The zero-order valence-corrected chi connectivity index (χ0v) is 18.5. The number of sulfone groups is 1. The van der Waals surface area contributed by atoms with Crippen LogP contribution >= 0.6 is 0 Å². The number of alkyl halides is 3. The highest BCUT2D eigenvalue weighted by Crippen LogP contribution is 2.34. The average Bonchev–Trinajstić information content (AvgIpc) is 3.34. The highest BCUT2D eigenvalue weighted by Gasteiger charge is 2.43. The van der Waals surface area contributed by atoms with E-state index in [-0.39, 0.29) is 29.4 Å². The smallest absolute Gasteiger partial charge is 0.382 e. The summed E-state index contributed by atoms with van der Waals surface area (Å²) in [4.78, 5) is 20.0. The van der Waals surface area contributed by atoms with Crippen LogP contribution in [0, 0.1) is 11.6 Å². The highest BCUT2D eigenvalue weighted by molar-refractivity contribution is 7.91. The standard InChI is InChI=1S/C21H17F5N4O4S/c22-15-7-13(29-17(31)6-12-2-1-3-14(18(12)23)21(24,25)26)8-27-19(15)30-9-16(28-11-30)20(32)4-5-35(33,34)10-20/h1-3,7-9,11,32H,4-6,10H2,(H,29,31)/t20-/m1/s1. The maximum atomic E-state index is 14.7. The number of rotatable bonds is 5. The first kappa shape index (κ1) is 24.7. The van der Waals surface area contributed by atoms with Crippen LogP contribution in [0.2, 0.25) is 0 Å². The SMILES string of the molecule is O=C(Cc1cccc(C(F)(F)F)c1F)Nc1cnc(-n2cnc([C@@]3(O)CCS(=O)(=O)C3)c2)c(F)c1. The van der Waals surface area contributed by atoms with Crippen molar-refractivity contribution in [1.82, 2.24) is 14.5 Å². The lowest BCUT2D eigenvalue weighted by molar-refractivity contribution is -0.140. The molecule has 2 aromatic heterocycles. The van der Waals surface area contributed by atoms with E-state index in [1.165, 1.54) is 6.20 Å². The predicted molar refractivity (Wildman–Crippen MR) is 112 cm³/mol. The van der Waals surface area contributed by atoms with Gasteiger partial charge in [-0.2, -0.15) is 13.2 Å². The van der Waals surface area contributed by atoms with Crippen molar-refractivity contribution in [3.8, 4) is 5.82 Å². The second-order valence-corrected chi connectivity index (χ2v) is 10.3. The highest BCUT2D eigenvalue weighted by atomic mass is 32.2.